The second-order valence-electron chi connectivity index (χ2n) is 5.42. The van der Waals surface area contributed by atoms with Gasteiger partial charge in [-0.3, -0.25) is 9.59 Å². The summed E-state index contributed by atoms with van der Waals surface area (Å²) in [7, 11) is 0. The molecule has 0 heterocycles. The van der Waals surface area contributed by atoms with Crippen LogP contribution in [0.3, 0.4) is 0 Å². The highest BCUT2D eigenvalue weighted by atomic mass is 16.3. The Morgan fingerprint density at radius 1 is 1.27 bits per heavy atom. The van der Waals surface area contributed by atoms with E-state index in [0.717, 1.165) is 6.42 Å². The number of hydrogen-bond acceptors (Lipinski definition) is 3. The third kappa shape index (κ3) is 6.91. The van der Waals surface area contributed by atoms with E-state index in [9.17, 15) is 14.7 Å². The predicted octanol–water partition coefficient (Wildman–Crippen LogP) is 1.06. The first kappa shape index (κ1) is 17.7. The maximum absolute atomic E-state index is 12.0. The summed E-state index contributed by atoms with van der Waals surface area (Å²) in [6.07, 6.45) is 0.849. The lowest BCUT2D eigenvalue weighted by Crippen LogP contribution is -2.37. The maximum atomic E-state index is 12.0. The van der Waals surface area contributed by atoms with Gasteiger partial charge in [0.2, 0.25) is 5.91 Å². The topological polar surface area (TPSA) is 78.4 Å². The highest BCUT2D eigenvalue weighted by molar-refractivity contribution is 5.96. The van der Waals surface area contributed by atoms with Crippen molar-refractivity contribution in [1.82, 2.24) is 10.6 Å². The average molecular weight is 302 g/mol. The lowest BCUT2D eigenvalue weighted by Gasteiger charge is -2.07. The molecule has 0 spiro atoms. The molecule has 118 valence electrons. The second-order valence-corrected chi connectivity index (χ2v) is 5.42. The molecule has 0 unspecified atom stereocenters. The first-order valence-corrected chi connectivity index (χ1v) is 7.22. The molecule has 0 atom stereocenters. The molecule has 1 aromatic rings. The van der Waals surface area contributed by atoms with Crippen LogP contribution in [0.2, 0.25) is 0 Å². The van der Waals surface area contributed by atoms with E-state index in [1.807, 2.05) is 6.92 Å². The lowest BCUT2D eigenvalue weighted by atomic mass is 10.1. The normalized spacial score (nSPS) is 10.4. The number of benzene rings is 1. The van der Waals surface area contributed by atoms with Crippen molar-refractivity contribution in [3.8, 4) is 11.8 Å². The van der Waals surface area contributed by atoms with E-state index in [-0.39, 0.29) is 18.4 Å². The minimum absolute atomic E-state index is 0.0571. The molecule has 22 heavy (non-hydrogen) atoms. The monoisotopic (exact) mass is 302 g/mol. The van der Waals surface area contributed by atoms with E-state index < -0.39 is 5.60 Å². The Labute approximate surface area is 131 Å². The van der Waals surface area contributed by atoms with Gasteiger partial charge in [-0.15, -0.1) is 0 Å². The van der Waals surface area contributed by atoms with E-state index in [0.29, 0.717) is 17.7 Å². The van der Waals surface area contributed by atoms with Crippen LogP contribution in [-0.2, 0) is 4.79 Å². The van der Waals surface area contributed by atoms with Crippen molar-refractivity contribution >= 4 is 11.8 Å². The summed E-state index contributed by atoms with van der Waals surface area (Å²) in [4.78, 5) is 23.4. The summed E-state index contributed by atoms with van der Waals surface area (Å²) in [5.41, 5.74) is -0.0358. The molecule has 0 aliphatic carbocycles. The summed E-state index contributed by atoms with van der Waals surface area (Å²) < 4.78 is 0. The molecule has 2 amide bonds. The van der Waals surface area contributed by atoms with Gasteiger partial charge in [-0.2, -0.15) is 0 Å². The van der Waals surface area contributed by atoms with E-state index in [4.69, 9.17) is 0 Å². The molecular weight excluding hydrogens is 280 g/mol. The van der Waals surface area contributed by atoms with Gasteiger partial charge in [0.05, 0.1) is 6.54 Å². The third-order valence-corrected chi connectivity index (χ3v) is 2.62. The number of amides is 2. The molecule has 5 heteroatoms. The van der Waals surface area contributed by atoms with Crippen molar-refractivity contribution in [2.24, 2.45) is 0 Å². The smallest absolute Gasteiger partial charge is 0.251 e. The summed E-state index contributed by atoms with van der Waals surface area (Å²) in [5.74, 6) is 4.95. The molecule has 0 fully saturated rings. The fraction of sp³-hybridized carbons (Fsp3) is 0.412. The van der Waals surface area contributed by atoms with Crippen LogP contribution in [0, 0.1) is 11.8 Å². The van der Waals surface area contributed by atoms with Crippen molar-refractivity contribution in [2.75, 3.05) is 13.1 Å². The quantitative estimate of drug-likeness (QED) is 0.712. The maximum Gasteiger partial charge on any atom is 0.251 e. The number of hydrogen-bond donors (Lipinski definition) is 3. The largest absolute Gasteiger partial charge is 0.378 e. The Morgan fingerprint density at radius 3 is 2.64 bits per heavy atom. The predicted molar refractivity (Wildman–Crippen MR) is 85.3 cm³/mol. The van der Waals surface area contributed by atoms with Gasteiger partial charge in [0, 0.05) is 17.7 Å². The Bertz CT molecular complexity index is 592. The van der Waals surface area contributed by atoms with E-state index >= 15 is 0 Å². The van der Waals surface area contributed by atoms with Gasteiger partial charge in [-0.25, -0.2) is 0 Å². The molecular formula is C17H22N2O3. The molecule has 0 aliphatic rings. The van der Waals surface area contributed by atoms with Crippen molar-refractivity contribution in [3.63, 3.8) is 0 Å². The summed E-state index contributed by atoms with van der Waals surface area (Å²) in [5, 5.41) is 14.8. The first-order chi connectivity index (χ1) is 10.3. The Kier molecular flexibility index (Phi) is 6.61. The van der Waals surface area contributed by atoms with Crippen LogP contribution in [0.1, 0.15) is 43.1 Å². The van der Waals surface area contributed by atoms with Crippen LogP contribution in [0.15, 0.2) is 24.3 Å². The standard InChI is InChI=1S/C17H22N2O3/c1-4-10-18-15(20)12-19-16(21)14-7-5-6-13(11-14)8-9-17(2,3)22/h5-7,11,22H,4,10,12H2,1-3H3,(H,18,20)(H,19,21). The average Bonchev–Trinajstić information content (AvgIpc) is 2.48. The molecule has 3 N–H and O–H groups in total. The third-order valence-electron chi connectivity index (χ3n) is 2.62. The van der Waals surface area contributed by atoms with Gasteiger partial charge in [0.1, 0.15) is 5.60 Å². The fourth-order valence-corrected chi connectivity index (χ4v) is 1.55. The molecule has 0 saturated heterocycles. The highest BCUT2D eigenvalue weighted by Crippen LogP contribution is 2.05. The van der Waals surface area contributed by atoms with Gasteiger partial charge in [0.15, 0.2) is 0 Å². The Morgan fingerprint density at radius 2 is 2.00 bits per heavy atom. The first-order valence-electron chi connectivity index (χ1n) is 7.22. The number of rotatable bonds is 5. The Balaban J connectivity index is 2.66. The molecule has 0 saturated carbocycles. The molecule has 1 rings (SSSR count). The molecule has 0 aromatic heterocycles. The van der Waals surface area contributed by atoms with Crippen LogP contribution in [0.4, 0.5) is 0 Å². The minimum Gasteiger partial charge on any atom is -0.378 e. The Hall–Kier alpha value is -2.32. The van der Waals surface area contributed by atoms with Crippen molar-refractivity contribution in [1.29, 1.82) is 0 Å². The van der Waals surface area contributed by atoms with Crippen LogP contribution >= 0.6 is 0 Å². The van der Waals surface area contributed by atoms with Gasteiger partial charge < -0.3 is 15.7 Å². The van der Waals surface area contributed by atoms with Crippen LogP contribution in [0.25, 0.3) is 0 Å². The molecule has 0 bridgehead atoms. The van der Waals surface area contributed by atoms with E-state index in [1.54, 1.807) is 38.1 Å². The lowest BCUT2D eigenvalue weighted by molar-refractivity contribution is -0.120. The van der Waals surface area contributed by atoms with Gasteiger partial charge in [0.25, 0.3) is 5.91 Å². The number of carbonyl (C=O) groups is 2. The summed E-state index contributed by atoms with van der Waals surface area (Å²) >= 11 is 0. The summed E-state index contributed by atoms with van der Waals surface area (Å²) in [6, 6.07) is 6.73. The van der Waals surface area contributed by atoms with Crippen LogP contribution in [-0.4, -0.2) is 35.6 Å². The molecule has 0 radical (unpaired) electrons. The number of nitrogens with one attached hydrogen (secondary N) is 2. The number of carbonyl (C=O) groups excluding carboxylic acids is 2. The zero-order valence-corrected chi connectivity index (χ0v) is 13.2. The molecule has 5 nitrogen and oxygen atoms in total. The van der Waals surface area contributed by atoms with Crippen molar-refractivity contribution in [3.05, 3.63) is 35.4 Å². The minimum atomic E-state index is -1.09. The molecule has 1 aromatic carbocycles. The van der Waals surface area contributed by atoms with E-state index in [1.165, 1.54) is 0 Å². The van der Waals surface area contributed by atoms with E-state index in [2.05, 4.69) is 22.5 Å². The van der Waals surface area contributed by atoms with Crippen molar-refractivity contribution < 1.29 is 14.7 Å². The van der Waals surface area contributed by atoms with Gasteiger partial charge in [-0.05, 0) is 38.5 Å². The summed E-state index contributed by atoms with van der Waals surface area (Å²) in [6.45, 7) is 5.67. The highest BCUT2D eigenvalue weighted by Gasteiger charge is 2.09. The second kappa shape index (κ2) is 8.20. The zero-order valence-electron chi connectivity index (χ0n) is 13.2. The van der Waals surface area contributed by atoms with Crippen LogP contribution in [0.5, 0.6) is 0 Å². The fourth-order valence-electron chi connectivity index (χ4n) is 1.55. The molecule has 0 aliphatic heterocycles. The zero-order chi connectivity index (χ0) is 16.6. The van der Waals surface area contributed by atoms with Gasteiger partial charge >= 0.3 is 0 Å². The number of aliphatic hydroxyl groups is 1. The van der Waals surface area contributed by atoms with Crippen molar-refractivity contribution in [2.45, 2.75) is 32.8 Å². The van der Waals surface area contributed by atoms with Gasteiger partial charge in [-0.1, -0.05) is 24.8 Å². The van der Waals surface area contributed by atoms with Crippen LogP contribution < -0.4 is 10.6 Å². The SMILES string of the molecule is CCCNC(=O)CNC(=O)c1cccc(C#CC(C)(C)O)c1.